The molecule has 2 aliphatic heterocycles. The molecule has 6 heteroatoms. The fourth-order valence-electron chi connectivity index (χ4n) is 4.38. The SMILES string of the molecule is O=C(CCc1ccc2c(c1)OCO2)NC1CC(=O)N(CC2CCCCC2)C1. The highest BCUT2D eigenvalue weighted by molar-refractivity contribution is 5.82. The van der Waals surface area contributed by atoms with E-state index in [1.807, 2.05) is 23.1 Å². The summed E-state index contributed by atoms with van der Waals surface area (Å²) in [7, 11) is 0. The second kappa shape index (κ2) is 8.19. The van der Waals surface area contributed by atoms with Gasteiger partial charge in [-0.2, -0.15) is 0 Å². The first kappa shape index (κ1) is 18.1. The Balaban J connectivity index is 1.22. The van der Waals surface area contributed by atoms with Gasteiger partial charge in [-0.05, 0) is 42.9 Å². The number of nitrogens with one attached hydrogen (secondary N) is 1. The van der Waals surface area contributed by atoms with Gasteiger partial charge in [-0.3, -0.25) is 9.59 Å². The Hall–Kier alpha value is -2.24. The van der Waals surface area contributed by atoms with Gasteiger partial charge in [0.05, 0.1) is 6.04 Å². The Kier molecular flexibility index (Phi) is 5.50. The molecule has 2 amide bonds. The molecule has 1 aliphatic carbocycles. The van der Waals surface area contributed by atoms with Crippen LogP contribution in [0.4, 0.5) is 0 Å². The fourth-order valence-corrected chi connectivity index (χ4v) is 4.38. The summed E-state index contributed by atoms with van der Waals surface area (Å²) < 4.78 is 10.7. The van der Waals surface area contributed by atoms with Crippen molar-refractivity contribution < 1.29 is 19.1 Å². The van der Waals surface area contributed by atoms with Crippen molar-refractivity contribution in [2.45, 2.75) is 57.4 Å². The number of carbonyl (C=O) groups excluding carboxylic acids is 2. The van der Waals surface area contributed by atoms with Crippen LogP contribution in [0.3, 0.4) is 0 Å². The van der Waals surface area contributed by atoms with Gasteiger partial charge in [-0.15, -0.1) is 0 Å². The summed E-state index contributed by atoms with van der Waals surface area (Å²) in [5, 5.41) is 3.04. The summed E-state index contributed by atoms with van der Waals surface area (Å²) in [6.07, 6.45) is 7.85. The number of carbonyl (C=O) groups is 2. The molecule has 27 heavy (non-hydrogen) atoms. The molecule has 0 bridgehead atoms. The van der Waals surface area contributed by atoms with Gasteiger partial charge in [0.15, 0.2) is 11.5 Å². The van der Waals surface area contributed by atoms with E-state index in [9.17, 15) is 9.59 Å². The van der Waals surface area contributed by atoms with Gasteiger partial charge in [0, 0.05) is 25.9 Å². The number of fused-ring (bicyclic) bond motifs is 1. The summed E-state index contributed by atoms with van der Waals surface area (Å²) in [6.45, 7) is 1.78. The highest BCUT2D eigenvalue weighted by atomic mass is 16.7. The van der Waals surface area contributed by atoms with Crippen molar-refractivity contribution in [1.82, 2.24) is 10.2 Å². The number of hydrogen-bond acceptors (Lipinski definition) is 4. The molecule has 0 spiro atoms. The molecule has 0 aromatic heterocycles. The largest absolute Gasteiger partial charge is 0.454 e. The minimum atomic E-state index is -0.0506. The zero-order valence-electron chi connectivity index (χ0n) is 15.7. The maximum atomic E-state index is 12.3. The summed E-state index contributed by atoms with van der Waals surface area (Å²) in [5.41, 5.74) is 1.05. The third-order valence-corrected chi connectivity index (χ3v) is 5.86. The Labute approximate surface area is 160 Å². The van der Waals surface area contributed by atoms with E-state index in [0.717, 1.165) is 23.6 Å². The summed E-state index contributed by atoms with van der Waals surface area (Å²) in [4.78, 5) is 26.5. The lowest BCUT2D eigenvalue weighted by atomic mass is 9.89. The predicted octanol–water partition coefficient (Wildman–Crippen LogP) is 2.65. The van der Waals surface area contributed by atoms with Crippen LogP contribution in [0.25, 0.3) is 0 Å². The summed E-state index contributed by atoms with van der Waals surface area (Å²) >= 11 is 0. The van der Waals surface area contributed by atoms with Crippen molar-refractivity contribution in [3.8, 4) is 11.5 Å². The molecule has 1 aromatic carbocycles. The number of ether oxygens (including phenoxy) is 2. The lowest BCUT2D eigenvalue weighted by Gasteiger charge is -2.27. The quantitative estimate of drug-likeness (QED) is 0.834. The van der Waals surface area contributed by atoms with Gasteiger partial charge in [-0.25, -0.2) is 0 Å². The third kappa shape index (κ3) is 4.54. The van der Waals surface area contributed by atoms with Crippen molar-refractivity contribution in [3.63, 3.8) is 0 Å². The van der Waals surface area contributed by atoms with Gasteiger partial charge in [0.1, 0.15) is 0 Å². The van der Waals surface area contributed by atoms with Gasteiger partial charge in [0.25, 0.3) is 0 Å². The normalized spacial score (nSPS) is 22.3. The molecule has 2 fully saturated rings. The van der Waals surface area contributed by atoms with Crippen LogP contribution in [0, 0.1) is 5.92 Å². The fraction of sp³-hybridized carbons (Fsp3) is 0.619. The Bertz CT molecular complexity index is 699. The molecule has 1 saturated heterocycles. The van der Waals surface area contributed by atoms with Crippen LogP contribution in [-0.2, 0) is 16.0 Å². The van der Waals surface area contributed by atoms with Crippen molar-refractivity contribution in [2.75, 3.05) is 19.9 Å². The van der Waals surface area contributed by atoms with E-state index in [-0.39, 0.29) is 24.6 Å². The first-order valence-electron chi connectivity index (χ1n) is 10.1. The topological polar surface area (TPSA) is 67.9 Å². The highest BCUT2D eigenvalue weighted by Crippen LogP contribution is 2.32. The smallest absolute Gasteiger partial charge is 0.231 e. The molecular weight excluding hydrogens is 344 g/mol. The maximum Gasteiger partial charge on any atom is 0.231 e. The number of benzene rings is 1. The van der Waals surface area contributed by atoms with E-state index in [4.69, 9.17) is 9.47 Å². The predicted molar refractivity (Wildman–Crippen MR) is 101 cm³/mol. The zero-order valence-corrected chi connectivity index (χ0v) is 15.7. The standard InChI is InChI=1S/C21H28N2O4/c24-20(9-7-15-6-8-18-19(10-15)27-14-26-18)22-17-11-21(25)23(13-17)12-16-4-2-1-3-5-16/h6,8,10,16-17H,1-5,7,9,11-14H2,(H,22,24). The van der Waals surface area contributed by atoms with E-state index >= 15 is 0 Å². The van der Waals surface area contributed by atoms with Crippen LogP contribution in [0.2, 0.25) is 0 Å². The minimum absolute atomic E-state index is 0.00461. The Morgan fingerprint density at radius 3 is 2.81 bits per heavy atom. The average molecular weight is 372 g/mol. The number of aryl methyl sites for hydroxylation is 1. The second-order valence-electron chi connectivity index (χ2n) is 7.96. The molecule has 1 N–H and O–H groups in total. The van der Waals surface area contributed by atoms with Crippen molar-refractivity contribution in [2.24, 2.45) is 5.92 Å². The summed E-state index contributed by atoms with van der Waals surface area (Å²) in [5.74, 6) is 2.33. The monoisotopic (exact) mass is 372 g/mol. The molecule has 1 unspecified atom stereocenters. The van der Waals surface area contributed by atoms with Crippen LogP contribution >= 0.6 is 0 Å². The third-order valence-electron chi connectivity index (χ3n) is 5.86. The Morgan fingerprint density at radius 2 is 1.96 bits per heavy atom. The van der Waals surface area contributed by atoms with Gasteiger partial charge in [0.2, 0.25) is 18.6 Å². The molecule has 0 radical (unpaired) electrons. The van der Waals surface area contributed by atoms with Crippen LogP contribution in [-0.4, -0.2) is 42.6 Å². The van der Waals surface area contributed by atoms with E-state index in [1.54, 1.807) is 0 Å². The molecule has 2 heterocycles. The first-order chi connectivity index (χ1) is 13.2. The molecule has 146 valence electrons. The first-order valence-corrected chi connectivity index (χ1v) is 10.1. The molecular formula is C21H28N2O4. The van der Waals surface area contributed by atoms with Crippen molar-refractivity contribution >= 4 is 11.8 Å². The van der Waals surface area contributed by atoms with Crippen LogP contribution in [0.1, 0.15) is 50.5 Å². The van der Waals surface area contributed by atoms with Gasteiger partial charge >= 0.3 is 0 Å². The van der Waals surface area contributed by atoms with Gasteiger partial charge < -0.3 is 19.7 Å². The van der Waals surface area contributed by atoms with Crippen LogP contribution in [0.15, 0.2) is 18.2 Å². The Morgan fingerprint density at radius 1 is 1.15 bits per heavy atom. The lowest BCUT2D eigenvalue weighted by Crippen LogP contribution is -2.38. The number of nitrogens with zero attached hydrogens (tertiary/aromatic N) is 1. The molecule has 1 saturated carbocycles. The van der Waals surface area contributed by atoms with Crippen molar-refractivity contribution in [3.05, 3.63) is 23.8 Å². The number of rotatable bonds is 6. The minimum Gasteiger partial charge on any atom is -0.454 e. The number of likely N-dealkylation sites (tertiary alicyclic amines) is 1. The van der Waals surface area contributed by atoms with E-state index in [1.165, 1.54) is 32.1 Å². The highest BCUT2D eigenvalue weighted by Gasteiger charge is 2.32. The maximum absolute atomic E-state index is 12.3. The lowest BCUT2D eigenvalue weighted by molar-refractivity contribution is -0.128. The molecule has 4 rings (SSSR count). The van der Waals surface area contributed by atoms with E-state index < -0.39 is 0 Å². The molecule has 1 aromatic rings. The number of hydrogen-bond donors (Lipinski definition) is 1. The van der Waals surface area contributed by atoms with Crippen LogP contribution in [0.5, 0.6) is 11.5 Å². The van der Waals surface area contributed by atoms with E-state index in [2.05, 4.69) is 5.32 Å². The molecule has 6 nitrogen and oxygen atoms in total. The molecule has 3 aliphatic rings. The van der Waals surface area contributed by atoms with E-state index in [0.29, 0.717) is 31.7 Å². The number of amides is 2. The van der Waals surface area contributed by atoms with Gasteiger partial charge in [-0.1, -0.05) is 25.3 Å². The molecule has 1 atom stereocenters. The average Bonchev–Trinajstić information content (AvgIpc) is 3.27. The summed E-state index contributed by atoms with van der Waals surface area (Å²) in [6, 6.07) is 5.73. The van der Waals surface area contributed by atoms with Crippen LogP contribution < -0.4 is 14.8 Å². The zero-order chi connectivity index (χ0) is 18.6. The van der Waals surface area contributed by atoms with Crippen molar-refractivity contribution in [1.29, 1.82) is 0 Å². The second-order valence-corrected chi connectivity index (χ2v) is 7.96.